The summed E-state index contributed by atoms with van der Waals surface area (Å²) < 4.78 is 48.7. The van der Waals surface area contributed by atoms with Crippen molar-refractivity contribution >= 4 is 5.96 Å². The van der Waals surface area contributed by atoms with Gasteiger partial charge < -0.3 is 20.1 Å². The number of ether oxygens (including phenoxy) is 2. The summed E-state index contributed by atoms with van der Waals surface area (Å²) in [6, 6.07) is 13.1. The normalized spacial score (nSPS) is 12.1. The van der Waals surface area contributed by atoms with Gasteiger partial charge in [0.05, 0.1) is 25.4 Å². The van der Waals surface area contributed by atoms with Crippen LogP contribution in [0.15, 0.2) is 53.5 Å². The third kappa shape index (κ3) is 8.42. The highest BCUT2D eigenvalue weighted by molar-refractivity contribution is 5.79. The van der Waals surface area contributed by atoms with E-state index in [2.05, 4.69) is 21.7 Å². The number of hydrogen-bond acceptors (Lipinski definition) is 3. The van der Waals surface area contributed by atoms with Crippen molar-refractivity contribution in [2.45, 2.75) is 32.8 Å². The Labute approximate surface area is 175 Å². The molecule has 0 aliphatic rings. The highest BCUT2D eigenvalue weighted by Gasteiger charge is 2.29. The quantitative estimate of drug-likeness (QED) is 0.343. The lowest BCUT2D eigenvalue weighted by Gasteiger charge is -2.13. The van der Waals surface area contributed by atoms with Crippen molar-refractivity contribution in [2.75, 3.05) is 26.9 Å². The number of nitrogens with one attached hydrogen (secondary N) is 2. The van der Waals surface area contributed by atoms with Gasteiger partial charge in [-0.3, -0.25) is 4.99 Å². The fourth-order valence-corrected chi connectivity index (χ4v) is 2.69. The molecular weight excluding hydrogens is 395 g/mol. The van der Waals surface area contributed by atoms with Gasteiger partial charge in [0.2, 0.25) is 0 Å². The van der Waals surface area contributed by atoms with Crippen molar-refractivity contribution in [3.63, 3.8) is 0 Å². The summed E-state index contributed by atoms with van der Waals surface area (Å²) in [5, 5.41) is 6.30. The van der Waals surface area contributed by atoms with Crippen LogP contribution in [0.1, 0.15) is 29.2 Å². The third-order valence-electron chi connectivity index (χ3n) is 4.26. The number of hydrogen-bond donors (Lipinski definition) is 2. The lowest BCUT2D eigenvalue weighted by atomic mass is 10.1. The minimum atomic E-state index is -4.33. The molecule has 0 aromatic heterocycles. The van der Waals surface area contributed by atoms with E-state index < -0.39 is 11.7 Å². The Morgan fingerprint density at radius 3 is 2.17 bits per heavy atom. The van der Waals surface area contributed by atoms with Crippen molar-refractivity contribution in [3.05, 3.63) is 70.8 Å². The number of alkyl halides is 3. The number of guanidine groups is 1. The average molecular weight is 423 g/mol. The minimum absolute atomic E-state index is 0.367. The smallest absolute Gasteiger partial charge is 0.379 e. The van der Waals surface area contributed by atoms with Gasteiger partial charge >= 0.3 is 6.18 Å². The number of nitrogens with zero attached hydrogens (tertiary/aromatic N) is 1. The van der Waals surface area contributed by atoms with E-state index in [1.54, 1.807) is 7.05 Å². The molecule has 0 aliphatic carbocycles. The summed E-state index contributed by atoms with van der Waals surface area (Å²) in [4.78, 5) is 4.15. The lowest BCUT2D eigenvalue weighted by molar-refractivity contribution is -0.137. The Kier molecular flexibility index (Phi) is 9.63. The Morgan fingerprint density at radius 1 is 0.900 bits per heavy atom. The first-order valence-corrected chi connectivity index (χ1v) is 9.76. The highest BCUT2D eigenvalue weighted by Crippen LogP contribution is 2.29. The van der Waals surface area contributed by atoms with Crippen LogP contribution >= 0.6 is 0 Å². The van der Waals surface area contributed by atoms with Crippen molar-refractivity contribution in [1.29, 1.82) is 0 Å². The van der Waals surface area contributed by atoms with Gasteiger partial charge in [0.15, 0.2) is 5.96 Å². The molecule has 30 heavy (non-hydrogen) atoms. The molecule has 2 aromatic carbocycles. The first-order chi connectivity index (χ1) is 14.4. The zero-order chi connectivity index (χ0) is 21.8. The van der Waals surface area contributed by atoms with Gasteiger partial charge in [0.25, 0.3) is 0 Å². The first kappa shape index (κ1) is 23.7. The Bertz CT molecular complexity index is 793. The van der Waals surface area contributed by atoms with Crippen molar-refractivity contribution < 1.29 is 22.6 Å². The molecule has 0 unspecified atom stereocenters. The van der Waals surface area contributed by atoms with Gasteiger partial charge in [-0.05, 0) is 35.7 Å². The monoisotopic (exact) mass is 423 g/mol. The summed E-state index contributed by atoms with van der Waals surface area (Å²) in [5.74, 6) is 0.563. The lowest BCUT2D eigenvalue weighted by Crippen LogP contribution is -2.36. The number of aliphatic imine (C=N–C) groups is 1. The standard InChI is InChI=1S/C22H28F3N3O2/c1-3-29-11-12-30-16-19-6-4-5-18(13-19)15-28-21(26-2)27-14-17-7-9-20(10-8-17)22(23,24)25/h4-10,13H,3,11-12,14-16H2,1-2H3,(H2,26,27,28). The second kappa shape index (κ2) is 12.2. The molecular formula is C22H28F3N3O2. The second-order valence-electron chi connectivity index (χ2n) is 6.54. The van der Waals surface area contributed by atoms with E-state index in [0.717, 1.165) is 28.8 Å². The van der Waals surface area contributed by atoms with E-state index in [4.69, 9.17) is 9.47 Å². The van der Waals surface area contributed by atoms with E-state index in [1.165, 1.54) is 12.1 Å². The highest BCUT2D eigenvalue weighted by atomic mass is 19.4. The van der Waals surface area contributed by atoms with E-state index in [1.807, 2.05) is 25.1 Å². The van der Waals surface area contributed by atoms with Crippen LogP contribution in [0, 0.1) is 0 Å². The van der Waals surface area contributed by atoms with Crippen LogP contribution in [0.3, 0.4) is 0 Å². The van der Waals surface area contributed by atoms with Gasteiger partial charge in [0.1, 0.15) is 0 Å². The molecule has 0 fully saturated rings. The maximum atomic E-state index is 12.6. The average Bonchev–Trinajstić information content (AvgIpc) is 2.74. The van der Waals surface area contributed by atoms with Crippen LogP contribution < -0.4 is 10.6 Å². The Balaban J connectivity index is 1.79. The number of benzene rings is 2. The fraction of sp³-hybridized carbons (Fsp3) is 0.409. The maximum Gasteiger partial charge on any atom is 0.416 e. The molecule has 0 radical (unpaired) electrons. The van der Waals surface area contributed by atoms with Crippen LogP contribution in [-0.4, -0.2) is 32.8 Å². The Morgan fingerprint density at radius 2 is 1.53 bits per heavy atom. The molecule has 0 saturated heterocycles. The molecule has 0 saturated carbocycles. The molecule has 8 heteroatoms. The summed E-state index contributed by atoms with van der Waals surface area (Å²) in [5.41, 5.74) is 2.21. The number of rotatable bonds is 10. The third-order valence-corrected chi connectivity index (χ3v) is 4.26. The van der Waals surface area contributed by atoms with Crippen molar-refractivity contribution in [1.82, 2.24) is 10.6 Å². The molecule has 0 atom stereocenters. The SMILES string of the molecule is CCOCCOCc1cccc(CNC(=NC)NCc2ccc(C(F)(F)F)cc2)c1. The molecule has 0 spiro atoms. The van der Waals surface area contributed by atoms with Gasteiger partial charge in [0, 0.05) is 26.7 Å². The minimum Gasteiger partial charge on any atom is -0.379 e. The predicted octanol–water partition coefficient (Wildman–Crippen LogP) is 4.12. The zero-order valence-electron chi connectivity index (χ0n) is 17.3. The fourth-order valence-electron chi connectivity index (χ4n) is 2.69. The molecule has 2 N–H and O–H groups in total. The van der Waals surface area contributed by atoms with Gasteiger partial charge in [-0.2, -0.15) is 13.2 Å². The van der Waals surface area contributed by atoms with Crippen molar-refractivity contribution in [3.8, 4) is 0 Å². The van der Waals surface area contributed by atoms with Gasteiger partial charge in [-0.15, -0.1) is 0 Å². The summed E-state index contributed by atoms with van der Waals surface area (Å²) in [6.45, 7) is 5.20. The van der Waals surface area contributed by atoms with E-state index in [9.17, 15) is 13.2 Å². The zero-order valence-corrected chi connectivity index (χ0v) is 17.3. The molecule has 0 aliphatic heterocycles. The predicted molar refractivity (Wildman–Crippen MR) is 111 cm³/mol. The molecule has 164 valence electrons. The Hall–Kier alpha value is -2.58. The van der Waals surface area contributed by atoms with Crippen molar-refractivity contribution in [2.24, 2.45) is 4.99 Å². The van der Waals surface area contributed by atoms with Gasteiger partial charge in [-0.1, -0.05) is 36.4 Å². The van der Waals surface area contributed by atoms with Crippen LogP contribution in [0.2, 0.25) is 0 Å². The topological polar surface area (TPSA) is 54.9 Å². The molecule has 0 bridgehead atoms. The largest absolute Gasteiger partial charge is 0.416 e. The first-order valence-electron chi connectivity index (χ1n) is 9.76. The molecule has 0 heterocycles. The summed E-state index contributed by atoms with van der Waals surface area (Å²) in [7, 11) is 1.64. The van der Waals surface area contributed by atoms with Crippen LogP contribution in [-0.2, 0) is 35.3 Å². The molecule has 2 rings (SSSR count). The number of halogens is 3. The molecule has 0 amide bonds. The second-order valence-corrected chi connectivity index (χ2v) is 6.54. The van der Waals surface area contributed by atoms with Crippen LogP contribution in [0.25, 0.3) is 0 Å². The summed E-state index contributed by atoms with van der Waals surface area (Å²) in [6.07, 6.45) is -4.33. The van der Waals surface area contributed by atoms with E-state index in [0.29, 0.717) is 45.5 Å². The van der Waals surface area contributed by atoms with Crippen LogP contribution in [0.5, 0.6) is 0 Å². The summed E-state index contributed by atoms with van der Waals surface area (Å²) >= 11 is 0. The molecule has 5 nitrogen and oxygen atoms in total. The molecule has 2 aromatic rings. The maximum absolute atomic E-state index is 12.6. The van der Waals surface area contributed by atoms with E-state index >= 15 is 0 Å². The van der Waals surface area contributed by atoms with Gasteiger partial charge in [-0.25, -0.2) is 0 Å². The van der Waals surface area contributed by atoms with E-state index in [-0.39, 0.29) is 0 Å². The van der Waals surface area contributed by atoms with Crippen LogP contribution in [0.4, 0.5) is 13.2 Å².